The molecule has 0 radical (unpaired) electrons. The van der Waals surface area contributed by atoms with Crippen molar-refractivity contribution in [1.82, 2.24) is 4.90 Å². The minimum atomic E-state index is -1.17. The Morgan fingerprint density at radius 1 is 1.38 bits per heavy atom. The van der Waals surface area contributed by atoms with E-state index in [9.17, 15) is 18.9 Å². The molecule has 1 saturated heterocycles. The highest BCUT2D eigenvalue weighted by Gasteiger charge is 2.22. The van der Waals surface area contributed by atoms with Gasteiger partial charge < -0.3 is 5.32 Å². The summed E-state index contributed by atoms with van der Waals surface area (Å²) in [4.78, 5) is 11.9. The van der Waals surface area contributed by atoms with E-state index in [0.717, 1.165) is 32.0 Å². The molecule has 1 aliphatic heterocycles. The van der Waals surface area contributed by atoms with Crippen molar-refractivity contribution in [2.75, 3.05) is 25.0 Å². The molecule has 1 aromatic rings. The van der Waals surface area contributed by atoms with E-state index in [2.05, 4.69) is 16.1 Å². The normalized spacial score (nSPS) is 16.4. The number of likely N-dealkylation sites (tertiary alicyclic amines) is 1. The first kappa shape index (κ1) is 15.2. The number of halogens is 2. The van der Waals surface area contributed by atoms with Crippen LogP contribution in [-0.4, -0.2) is 35.5 Å². The van der Waals surface area contributed by atoms with E-state index in [-0.39, 0.29) is 11.7 Å². The first-order valence-electron chi connectivity index (χ1n) is 6.57. The molecule has 1 aliphatic rings. The molecule has 112 valence electrons. The maximum Gasteiger partial charge on any atom is 0.307 e. The van der Waals surface area contributed by atoms with Crippen molar-refractivity contribution >= 4 is 11.4 Å². The van der Waals surface area contributed by atoms with Gasteiger partial charge in [-0.05, 0) is 12.8 Å². The lowest BCUT2D eigenvalue weighted by Gasteiger charge is -2.31. The molecular weight excluding hydrogens is 280 g/mol. The summed E-state index contributed by atoms with van der Waals surface area (Å²) in [5.41, 5.74) is -0.776. The Bertz CT molecular complexity index is 578. The molecule has 1 fully saturated rings. The van der Waals surface area contributed by atoms with Crippen molar-refractivity contribution in [3.8, 4) is 12.3 Å². The Balaban J connectivity index is 2.05. The molecule has 0 aromatic heterocycles. The van der Waals surface area contributed by atoms with E-state index in [1.807, 2.05) is 0 Å². The number of terminal acetylenes is 1. The van der Waals surface area contributed by atoms with Crippen LogP contribution in [0, 0.1) is 34.1 Å². The van der Waals surface area contributed by atoms with Crippen LogP contribution in [0.3, 0.4) is 0 Å². The zero-order valence-electron chi connectivity index (χ0n) is 11.3. The number of nitrogens with one attached hydrogen (secondary N) is 1. The van der Waals surface area contributed by atoms with Gasteiger partial charge in [0, 0.05) is 31.3 Å². The van der Waals surface area contributed by atoms with Gasteiger partial charge in [-0.3, -0.25) is 15.0 Å². The van der Waals surface area contributed by atoms with Gasteiger partial charge in [0.1, 0.15) is 5.82 Å². The van der Waals surface area contributed by atoms with Crippen LogP contribution in [0.4, 0.5) is 20.2 Å². The zero-order chi connectivity index (χ0) is 15.4. The van der Waals surface area contributed by atoms with Crippen LogP contribution < -0.4 is 5.32 Å². The lowest BCUT2D eigenvalue weighted by molar-refractivity contribution is -0.387. The van der Waals surface area contributed by atoms with E-state index in [4.69, 9.17) is 6.42 Å². The average Bonchev–Trinajstić information content (AvgIpc) is 2.43. The summed E-state index contributed by atoms with van der Waals surface area (Å²) in [7, 11) is 0. The summed E-state index contributed by atoms with van der Waals surface area (Å²) < 4.78 is 26.9. The summed E-state index contributed by atoms with van der Waals surface area (Å²) in [6, 6.07) is 1.42. The number of hydrogen-bond acceptors (Lipinski definition) is 4. The second-order valence-corrected chi connectivity index (χ2v) is 4.94. The fraction of sp³-hybridized carbons (Fsp3) is 0.429. The molecule has 7 heteroatoms. The van der Waals surface area contributed by atoms with Gasteiger partial charge in [-0.2, -0.15) is 4.39 Å². The Hall–Kier alpha value is -2.20. The number of nitro benzene ring substituents is 1. The predicted octanol–water partition coefficient (Wildman–Crippen LogP) is 2.38. The highest BCUT2D eigenvalue weighted by molar-refractivity contribution is 5.53. The smallest absolute Gasteiger partial charge is 0.307 e. The Kier molecular flexibility index (Phi) is 4.70. The third kappa shape index (κ3) is 3.67. The Labute approximate surface area is 121 Å². The monoisotopic (exact) mass is 295 g/mol. The van der Waals surface area contributed by atoms with E-state index in [1.54, 1.807) is 0 Å². The molecular formula is C14H15F2N3O2. The number of rotatable bonds is 4. The molecule has 0 bridgehead atoms. The standard InChI is InChI=1S/C14H15F2N3O2/c1-2-5-18-6-3-10(4-7-18)17-13-9-14(19(20)21)12(16)8-11(13)15/h1,8-10,17H,3-7H2. The van der Waals surface area contributed by atoms with Crippen LogP contribution in [0.1, 0.15) is 12.8 Å². The molecule has 0 spiro atoms. The highest BCUT2D eigenvalue weighted by Crippen LogP contribution is 2.27. The average molecular weight is 295 g/mol. The van der Waals surface area contributed by atoms with Crippen LogP contribution in [0.15, 0.2) is 12.1 Å². The van der Waals surface area contributed by atoms with Crippen LogP contribution in [0.5, 0.6) is 0 Å². The van der Waals surface area contributed by atoms with E-state index < -0.39 is 22.2 Å². The Morgan fingerprint density at radius 3 is 2.62 bits per heavy atom. The summed E-state index contributed by atoms with van der Waals surface area (Å²) in [6.45, 7) is 2.11. The first-order chi connectivity index (χ1) is 10.0. The third-order valence-electron chi connectivity index (χ3n) is 3.50. The number of hydrogen-bond donors (Lipinski definition) is 1. The van der Waals surface area contributed by atoms with Crippen LogP contribution >= 0.6 is 0 Å². The van der Waals surface area contributed by atoms with Crippen LogP contribution in [-0.2, 0) is 0 Å². The zero-order valence-corrected chi connectivity index (χ0v) is 11.3. The number of anilines is 1. The fourth-order valence-corrected chi connectivity index (χ4v) is 2.37. The highest BCUT2D eigenvalue weighted by atomic mass is 19.1. The number of benzene rings is 1. The van der Waals surface area contributed by atoms with Gasteiger partial charge in [-0.1, -0.05) is 5.92 Å². The van der Waals surface area contributed by atoms with Gasteiger partial charge >= 0.3 is 5.69 Å². The molecule has 0 amide bonds. The molecule has 0 atom stereocenters. The maximum absolute atomic E-state index is 13.7. The molecule has 0 unspecified atom stereocenters. The number of nitro groups is 1. The Morgan fingerprint density at radius 2 is 2.05 bits per heavy atom. The van der Waals surface area contributed by atoms with Gasteiger partial charge in [0.15, 0.2) is 0 Å². The first-order valence-corrected chi connectivity index (χ1v) is 6.57. The topological polar surface area (TPSA) is 58.4 Å². The minimum absolute atomic E-state index is 0.0152. The molecule has 0 aliphatic carbocycles. The number of piperidine rings is 1. The molecule has 1 aromatic carbocycles. The second-order valence-electron chi connectivity index (χ2n) is 4.94. The van der Waals surface area contributed by atoms with Crippen molar-refractivity contribution in [3.63, 3.8) is 0 Å². The van der Waals surface area contributed by atoms with E-state index in [0.29, 0.717) is 12.6 Å². The van der Waals surface area contributed by atoms with Gasteiger partial charge in [-0.15, -0.1) is 6.42 Å². The summed E-state index contributed by atoms with van der Waals surface area (Å²) in [5.74, 6) is 0.562. The van der Waals surface area contributed by atoms with Gasteiger partial charge in [0.2, 0.25) is 5.82 Å². The fourth-order valence-electron chi connectivity index (χ4n) is 2.37. The second kappa shape index (κ2) is 6.50. The molecule has 5 nitrogen and oxygen atoms in total. The molecule has 1 heterocycles. The van der Waals surface area contributed by atoms with E-state index in [1.165, 1.54) is 0 Å². The van der Waals surface area contributed by atoms with Gasteiger partial charge in [-0.25, -0.2) is 4.39 Å². The van der Waals surface area contributed by atoms with Gasteiger partial charge in [0.25, 0.3) is 0 Å². The summed E-state index contributed by atoms with van der Waals surface area (Å²) in [5, 5.41) is 13.6. The lowest BCUT2D eigenvalue weighted by atomic mass is 10.0. The molecule has 0 saturated carbocycles. The summed E-state index contributed by atoms with van der Waals surface area (Å²) in [6.07, 6.45) is 6.73. The van der Waals surface area contributed by atoms with E-state index >= 15 is 0 Å². The third-order valence-corrected chi connectivity index (χ3v) is 3.50. The van der Waals surface area contributed by atoms with Crippen molar-refractivity contribution in [3.05, 3.63) is 33.9 Å². The number of nitrogens with zero attached hydrogens (tertiary/aromatic N) is 2. The van der Waals surface area contributed by atoms with Gasteiger partial charge in [0.05, 0.1) is 17.2 Å². The quantitative estimate of drug-likeness (QED) is 0.526. The van der Waals surface area contributed by atoms with Crippen molar-refractivity contribution in [2.24, 2.45) is 0 Å². The maximum atomic E-state index is 13.7. The molecule has 2 rings (SSSR count). The summed E-state index contributed by atoms with van der Waals surface area (Å²) >= 11 is 0. The predicted molar refractivity (Wildman–Crippen MR) is 74.9 cm³/mol. The lowest BCUT2D eigenvalue weighted by Crippen LogP contribution is -2.39. The minimum Gasteiger partial charge on any atom is -0.380 e. The van der Waals surface area contributed by atoms with Crippen LogP contribution in [0.25, 0.3) is 0 Å². The molecule has 1 N–H and O–H groups in total. The van der Waals surface area contributed by atoms with Crippen molar-refractivity contribution < 1.29 is 13.7 Å². The largest absolute Gasteiger partial charge is 0.380 e. The van der Waals surface area contributed by atoms with Crippen molar-refractivity contribution in [1.29, 1.82) is 0 Å². The SMILES string of the molecule is C#CCN1CCC(Nc2cc([N+](=O)[O-])c(F)cc2F)CC1. The van der Waals surface area contributed by atoms with Crippen molar-refractivity contribution in [2.45, 2.75) is 18.9 Å². The van der Waals surface area contributed by atoms with Crippen LogP contribution in [0.2, 0.25) is 0 Å². The molecule has 21 heavy (non-hydrogen) atoms.